The van der Waals surface area contributed by atoms with Crippen molar-refractivity contribution in [3.63, 3.8) is 0 Å². The summed E-state index contributed by atoms with van der Waals surface area (Å²) in [5, 5.41) is 9.94. The molecule has 4 aromatic rings. The Hall–Kier alpha value is -3.43. The van der Waals surface area contributed by atoms with E-state index >= 15 is 0 Å². The number of aromatic nitrogens is 1. The Labute approximate surface area is 196 Å². The Bertz CT molecular complexity index is 1430. The Kier molecular flexibility index (Phi) is 6.35. The SMILES string of the molecule is Cc1ccsc1C(Nc1ccc2c(N)nccc2c1)C(=O)NCc1ccccc1S(C)(=O)=O. The molecule has 33 heavy (non-hydrogen) atoms. The van der Waals surface area contributed by atoms with Gasteiger partial charge >= 0.3 is 0 Å². The second-order valence-electron chi connectivity index (χ2n) is 7.78. The van der Waals surface area contributed by atoms with Crippen LogP contribution in [0.2, 0.25) is 0 Å². The van der Waals surface area contributed by atoms with E-state index in [1.54, 1.807) is 30.5 Å². The largest absolute Gasteiger partial charge is 0.383 e. The third-order valence-corrected chi connectivity index (χ3v) is 7.64. The van der Waals surface area contributed by atoms with Crippen molar-refractivity contribution in [1.29, 1.82) is 0 Å². The molecule has 2 heterocycles. The summed E-state index contributed by atoms with van der Waals surface area (Å²) in [4.78, 5) is 18.5. The number of fused-ring (bicyclic) bond motifs is 1. The minimum atomic E-state index is -3.40. The van der Waals surface area contributed by atoms with Gasteiger partial charge in [-0.1, -0.05) is 18.2 Å². The standard InChI is InChI=1S/C24H24N4O3S2/c1-15-10-12-32-22(15)21(28-18-7-8-19-16(13-18)9-11-26-23(19)25)24(29)27-14-17-5-3-4-6-20(17)33(2,30)31/h3-13,21,28H,14H2,1-2H3,(H2,25,26)(H,27,29). The summed E-state index contributed by atoms with van der Waals surface area (Å²) in [6.45, 7) is 2.06. The fourth-order valence-corrected chi connectivity index (χ4v) is 5.60. The molecule has 0 fully saturated rings. The summed E-state index contributed by atoms with van der Waals surface area (Å²) >= 11 is 1.49. The monoisotopic (exact) mass is 480 g/mol. The highest BCUT2D eigenvalue weighted by Crippen LogP contribution is 2.30. The zero-order valence-electron chi connectivity index (χ0n) is 18.2. The van der Waals surface area contributed by atoms with Gasteiger partial charge in [0.1, 0.15) is 11.9 Å². The predicted molar refractivity (Wildman–Crippen MR) is 133 cm³/mol. The number of pyridine rings is 1. The first-order valence-electron chi connectivity index (χ1n) is 10.2. The number of hydrogen-bond donors (Lipinski definition) is 3. The van der Waals surface area contributed by atoms with Gasteiger partial charge in [0.15, 0.2) is 9.84 Å². The van der Waals surface area contributed by atoms with Gasteiger partial charge in [0, 0.05) is 34.9 Å². The van der Waals surface area contributed by atoms with E-state index in [9.17, 15) is 13.2 Å². The Morgan fingerprint density at radius 1 is 1.15 bits per heavy atom. The molecule has 2 aromatic carbocycles. The summed E-state index contributed by atoms with van der Waals surface area (Å²) in [5.41, 5.74) is 8.26. The van der Waals surface area contributed by atoms with E-state index in [0.29, 0.717) is 11.4 Å². The van der Waals surface area contributed by atoms with Crippen molar-refractivity contribution < 1.29 is 13.2 Å². The van der Waals surface area contributed by atoms with E-state index in [0.717, 1.165) is 33.2 Å². The molecule has 0 aliphatic rings. The van der Waals surface area contributed by atoms with Gasteiger partial charge in [-0.05, 0) is 65.2 Å². The van der Waals surface area contributed by atoms with Crippen molar-refractivity contribution in [1.82, 2.24) is 10.3 Å². The number of nitrogens with one attached hydrogen (secondary N) is 2. The van der Waals surface area contributed by atoms with Crippen molar-refractivity contribution in [3.8, 4) is 0 Å². The number of aryl methyl sites for hydroxylation is 1. The summed E-state index contributed by atoms with van der Waals surface area (Å²) in [7, 11) is -3.40. The van der Waals surface area contributed by atoms with Crippen molar-refractivity contribution in [2.45, 2.75) is 24.4 Å². The molecule has 170 valence electrons. The number of benzene rings is 2. The highest BCUT2D eigenvalue weighted by molar-refractivity contribution is 7.90. The molecular weight excluding hydrogens is 456 g/mol. The van der Waals surface area contributed by atoms with E-state index in [1.807, 2.05) is 42.6 Å². The van der Waals surface area contributed by atoms with Crippen molar-refractivity contribution >= 4 is 49.4 Å². The molecule has 0 radical (unpaired) electrons. The molecule has 9 heteroatoms. The predicted octanol–water partition coefficient (Wildman–Crippen LogP) is 4.06. The number of anilines is 2. The third-order valence-electron chi connectivity index (χ3n) is 5.36. The number of hydrogen-bond acceptors (Lipinski definition) is 7. The van der Waals surface area contributed by atoms with Crippen LogP contribution in [0.25, 0.3) is 10.8 Å². The molecule has 0 saturated carbocycles. The summed E-state index contributed by atoms with van der Waals surface area (Å²) in [6.07, 6.45) is 2.81. The molecule has 0 bridgehead atoms. The number of nitrogen functional groups attached to an aromatic ring is 1. The minimum Gasteiger partial charge on any atom is -0.383 e. The second kappa shape index (κ2) is 9.21. The van der Waals surface area contributed by atoms with E-state index in [4.69, 9.17) is 5.73 Å². The maximum Gasteiger partial charge on any atom is 0.248 e. The number of nitrogens with two attached hydrogens (primary N) is 1. The Morgan fingerprint density at radius 2 is 1.94 bits per heavy atom. The number of rotatable bonds is 7. The first kappa shape index (κ1) is 22.8. The first-order valence-corrected chi connectivity index (χ1v) is 13.0. The van der Waals surface area contributed by atoms with Gasteiger partial charge in [0.05, 0.1) is 4.90 Å². The molecule has 0 spiro atoms. The smallest absolute Gasteiger partial charge is 0.248 e. The van der Waals surface area contributed by atoms with Crippen LogP contribution in [0.3, 0.4) is 0 Å². The average molecular weight is 481 g/mol. The molecule has 4 N–H and O–H groups in total. The molecule has 0 saturated heterocycles. The topological polar surface area (TPSA) is 114 Å². The molecular formula is C24H24N4O3S2. The number of carbonyl (C=O) groups is 1. The quantitative estimate of drug-likeness (QED) is 0.368. The van der Waals surface area contributed by atoms with Crippen LogP contribution in [-0.2, 0) is 21.2 Å². The van der Waals surface area contributed by atoms with Crippen LogP contribution in [0.15, 0.2) is 71.1 Å². The maximum absolute atomic E-state index is 13.3. The molecule has 1 amide bonds. The average Bonchev–Trinajstić information content (AvgIpc) is 3.21. The Morgan fingerprint density at radius 3 is 2.67 bits per heavy atom. The highest BCUT2D eigenvalue weighted by atomic mass is 32.2. The van der Waals surface area contributed by atoms with Gasteiger partial charge < -0.3 is 16.4 Å². The molecule has 0 aliphatic carbocycles. The van der Waals surface area contributed by atoms with Crippen molar-refractivity contribution in [3.05, 3.63) is 82.2 Å². The van der Waals surface area contributed by atoms with Gasteiger partial charge in [0.2, 0.25) is 5.91 Å². The van der Waals surface area contributed by atoms with Gasteiger partial charge in [0.25, 0.3) is 0 Å². The van der Waals surface area contributed by atoms with Crippen LogP contribution < -0.4 is 16.4 Å². The van der Waals surface area contributed by atoms with Gasteiger partial charge in [-0.15, -0.1) is 11.3 Å². The third kappa shape index (κ3) is 4.99. The summed E-state index contributed by atoms with van der Waals surface area (Å²) in [6, 6.07) is 15.5. The van der Waals surface area contributed by atoms with Gasteiger partial charge in [-0.25, -0.2) is 13.4 Å². The van der Waals surface area contributed by atoms with Crippen LogP contribution in [0.4, 0.5) is 11.5 Å². The van der Waals surface area contributed by atoms with E-state index in [1.165, 1.54) is 11.3 Å². The fraction of sp³-hybridized carbons (Fsp3) is 0.167. The van der Waals surface area contributed by atoms with Crippen molar-refractivity contribution in [2.24, 2.45) is 0 Å². The molecule has 1 unspecified atom stereocenters. The van der Waals surface area contributed by atoms with Crippen LogP contribution in [-0.4, -0.2) is 25.6 Å². The van der Waals surface area contributed by atoms with E-state index < -0.39 is 15.9 Å². The number of thiophene rings is 1. The van der Waals surface area contributed by atoms with Crippen molar-refractivity contribution in [2.75, 3.05) is 17.3 Å². The van der Waals surface area contributed by atoms with E-state index in [-0.39, 0.29) is 17.3 Å². The van der Waals surface area contributed by atoms with Crippen LogP contribution >= 0.6 is 11.3 Å². The number of nitrogens with zero attached hydrogens (tertiary/aromatic N) is 1. The lowest BCUT2D eigenvalue weighted by molar-refractivity contribution is -0.122. The van der Waals surface area contributed by atoms with E-state index in [2.05, 4.69) is 15.6 Å². The lowest BCUT2D eigenvalue weighted by atomic mass is 10.1. The lowest BCUT2D eigenvalue weighted by Gasteiger charge is -2.20. The maximum atomic E-state index is 13.3. The fourth-order valence-electron chi connectivity index (χ4n) is 3.68. The highest BCUT2D eigenvalue weighted by Gasteiger charge is 2.24. The normalized spacial score (nSPS) is 12.4. The van der Waals surface area contributed by atoms with Gasteiger partial charge in [-0.3, -0.25) is 4.79 Å². The zero-order chi connectivity index (χ0) is 23.6. The molecule has 4 rings (SSSR count). The summed E-state index contributed by atoms with van der Waals surface area (Å²) < 4.78 is 24.2. The van der Waals surface area contributed by atoms with Gasteiger partial charge in [-0.2, -0.15) is 0 Å². The van der Waals surface area contributed by atoms with Crippen LogP contribution in [0.5, 0.6) is 0 Å². The lowest BCUT2D eigenvalue weighted by Crippen LogP contribution is -2.33. The zero-order valence-corrected chi connectivity index (χ0v) is 19.8. The molecule has 1 atom stereocenters. The summed E-state index contributed by atoms with van der Waals surface area (Å²) in [5.74, 6) is 0.199. The van der Waals surface area contributed by atoms with Crippen LogP contribution in [0, 0.1) is 6.92 Å². The molecule has 0 aliphatic heterocycles. The Balaban J connectivity index is 1.61. The molecule has 7 nitrogen and oxygen atoms in total. The van der Waals surface area contributed by atoms with Crippen LogP contribution in [0.1, 0.15) is 22.0 Å². The first-order chi connectivity index (χ1) is 15.7. The second-order valence-corrected chi connectivity index (χ2v) is 10.7. The minimum absolute atomic E-state index is 0.102. The number of sulfone groups is 1. The number of carbonyl (C=O) groups excluding carboxylic acids is 1. The molecule has 2 aromatic heterocycles. The number of amides is 1.